The van der Waals surface area contributed by atoms with Crippen molar-refractivity contribution < 1.29 is 0 Å². The van der Waals surface area contributed by atoms with E-state index in [9.17, 15) is 0 Å². The smallest absolute Gasteiger partial charge is 0.0371 e. The summed E-state index contributed by atoms with van der Waals surface area (Å²) < 4.78 is 0. The summed E-state index contributed by atoms with van der Waals surface area (Å²) >= 11 is 0. The first-order valence-corrected chi connectivity index (χ1v) is 8.01. The lowest BCUT2D eigenvalue weighted by molar-refractivity contribution is 0.244. The van der Waals surface area contributed by atoms with E-state index in [2.05, 4.69) is 68.7 Å². The average molecular weight is 274 g/mol. The van der Waals surface area contributed by atoms with E-state index in [4.69, 9.17) is 0 Å². The summed E-state index contributed by atoms with van der Waals surface area (Å²) in [6, 6.07) is 12.5. The van der Waals surface area contributed by atoms with Crippen molar-refractivity contribution in [2.45, 2.75) is 65.1 Å². The van der Waals surface area contributed by atoms with Crippen LogP contribution in [0.3, 0.4) is 0 Å². The Morgan fingerprint density at radius 1 is 1.25 bits per heavy atom. The fraction of sp³-hybridized carbons (Fsp3) is 0.667. The Balaban J connectivity index is 2.00. The standard InChI is InChI=1S/C18H30N2/c1-14(13-16-11-8-12-19-16)20-17(18(2,3)4)15-9-6-5-7-10-15/h5-7,9-10,14,16-17,19-20H,8,11-13H2,1-4H3. The highest BCUT2D eigenvalue weighted by Crippen LogP contribution is 2.33. The summed E-state index contributed by atoms with van der Waals surface area (Å²) in [4.78, 5) is 0. The van der Waals surface area contributed by atoms with Crippen LogP contribution in [0.4, 0.5) is 0 Å². The normalized spacial score (nSPS) is 22.7. The molecular formula is C18H30N2. The molecule has 0 radical (unpaired) electrons. The number of hydrogen-bond donors (Lipinski definition) is 2. The van der Waals surface area contributed by atoms with E-state index in [1.807, 2.05) is 0 Å². The first kappa shape index (κ1) is 15.5. The van der Waals surface area contributed by atoms with Crippen molar-refractivity contribution in [3.63, 3.8) is 0 Å². The Bertz CT molecular complexity index is 388. The Hall–Kier alpha value is -0.860. The second kappa shape index (κ2) is 6.73. The third-order valence-corrected chi connectivity index (χ3v) is 4.25. The maximum atomic E-state index is 3.86. The number of rotatable bonds is 5. The molecule has 0 spiro atoms. The Labute approximate surface area is 124 Å². The van der Waals surface area contributed by atoms with Crippen molar-refractivity contribution >= 4 is 0 Å². The van der Waals surface area contributed by atoms with Crippen LogP contribution in [0.1, 0.15) is 58.6 Å². The van der Waals surface area contributed by atoms with Gasteiger partial charge in [-0.1, -0.05) is 51.1 Å². The molecule has 1 heterocycles. The highest BCUT2D eigenvalue weighted by Gasteiger charge is 2.28. The van der Waals surface area contributed by atoms with E-state index in [1.54, 1.807) is 0 Å². The minimum atomic E-state index is 0.221. The van der Waals surface area contributed by atoms with Gasteiger partial charge in [0.2, 0.25) is 0 Å². The van der Waals surface area contributed by atoms with Gasteiger partial charge in [0.25, 0.3) is 0 Å². The van der Waals surface area contributed by atoms with Crippen LogP contribution in [0.25, 0.3) is 0 Å². The molecule has 0 saturated carbocycles. The van der Waals surface area contributed by atoms with Crippen LogP contribution in [0, 0.1) is 5.41 Å². The lowest BCUT2D eigenvalue weighted by Crippen LogP contribution is -2.40. The molecule has 112 valence electrons. The zero-order valence-corrected chi connectivity index (χ0v) is 13.4. The van der Waals surface area contributed by atoms with Gasteiger partial charge in [-0.2, -0.15) is 0 Å². The zero-order chi connectivity index (χ0) is 14.6. The van der Waals surface area contributed by atoms with E-state index in [-0.39, 0.29) is 5.41 Å². The van der Waals surface area contributed by atoms with E-state index >= 15 is 0 Å². The van der Waals surface area contributed by atoms with Crippen molar-refractivity contribution in [3.8, 4) is 0 Å². The van der Waals surface area contributed by atoms with Crippen LogP contribution < -0.4 is 10.6 Å². The lowest BCUT2D eigenvalue weighted by atomic mass is 9.81. The van der Waals surface area contributed by atoms with Gasteiger partial charge in [0.1, 0.15) is 0 Å². The Morgan fingerprint density at radius 2 is 1.95 bits per heavy atom. The predicted octanol–water partition coefficient (Wildman–Crippen LogP) is 3.89. The summed E-state index contributed by atoms with van der Waals surface area (Å²) in [6.45, 7) is 10.5. The van der Waals surface area contributed by atoms with Crippen molar-refractivity contribution in [2.24, 2.45) is 5.41 Å². The third-order valence-electron chi connectivity index (χ3n) is 4.25. The molecule has 0 aromatic heterocycles. The van der Waals surface area contributed by atoms with Crippen molar-refractivity contribution in [2.75, 3.05) is 6.54 Å². The molecule has 3 unspecified atom stereocenters. The van der Waals surface area contributed by atoms with Gasteiger partial charge in [-0.15, -0.1) is 0 Å². The molecule has 0 amide bonds. The van der Waals surface area contributed by atoms with Crippen molar-refractivity contribution in [1.29, 1.82) is 0 Å². The second-order valence-electron chi connectivity index (χ2n) is 7.31. The van der Waals surface area contributed by atoms with Gasteiger partial charge < -0.3 is 10.6 Å². The number of hydrogen-bond acceptors (Lipinski definition) is 2. The van der Waals surface area contributed by atoms with Crippen LogP contribution in [0.5, 0.6) is 0 Å². The molecule has 1 fully saturated rings. The highest BCUT2D eigenvalue weighted by atomic mass is 15.0. The van der Waals surface area contributed by atoms with E-state index in [1.165, 1.54) is 31.4 Å². The van der Waals surface area contributed by atoms with Crippen molar-refractivity contribution in [1.82, 2.24) is 10.6 Å². The van der Waals surface area contributed by atoms with E-state index in [0.29, 0.717) is 18.1 Å². The van der Waals surface area contributed by atoms with Gasteiger partial charge in [0, 0.05) is 18.1 Å². The molecule has 2 nitrogen and oxygen atoms in total. The summed E-state index contributed by atoms with van der Waals surface area (Å²) in [5.41, 5.74) is 1.62. The molecule has 1 aliphatic heterocycles. The van der Waals surface area contributed by atoms with Gasteiger partial charge in [0.05, 0.1) is 0 Å². The monoisotopic (exact) mass is 274 g/mol. The fourth-order valence-electron chi connectivity index (χ4n) is 3.23. The van der Waals surface area contributed by atoms with Crippen molar-refractivity contribution in [3.05, 3.63) is 35.9 Å². The van der Waals surface area contributed by atoms with Crippen LogP contribution in [-0.2, 0) is 0 Å². The molecule has 2 rings (SSSR count). The molecule has 1 aliphatic rings. The molecule has 0 bridgehead atoms. The number of benzene rings is 1. The zero-order valence-electron chi connectivity index (χ0n) is 13.4. The largest absolute Gasteiger partial charge is 0.314 e. The molecule has 1 saturated heterocycles. The Kier molecular flexibility index (Phi) is 5.22. The predicted molar refractivity (Wildman–Crippen MR) is 86.9 cm³/mol. The molecular weight excluding hydrogens is 244 g/mol. The fourth-order valence-corrected chi connectivity index (χ4v) is 3.23. The summed E-state index contributed by atoms with van der Waals surface area (Å²) in [6.07, 6.45) is 3.88. The highest BCUT2D eigenvalue weighted by molar-refractivity contribution is 5.21. The van der Waals surface area contributed by atoms with Gasteiger partial charge >= 0.3 is 0 Å². The van der Waals surface area contributed by atoms with Crippen LogP contribution in [-0.4, -0.2) is 18.6 Å². The number of nitrogens with one attached hydrogen (secondary N) is 2. The summed E-state index contributed by atoms with van der Waals surface area (Å²) in [5, 5.41) is 7.46. The van der Waals surface area contributed by atoms with Gasteiger partial charge in [-0.3, -0.25) is 0 Å². The minimum absolute atomic E-state index is 0.221. The van der Waals surface area contributed by atoms with Crippen LogP contribution in [0.15, 0.2) is 30.3 Å². The first-order valence-electron chi connectivity index (χ1n) is 8.01. The molecule has 2 heteroatoms. The topological polar surface area (TPSA) is 24.1 Å². The van der Waals surface area contributed by atoms with E-state index in [0.717, 1.165) is 0 Å². The minimum Gasteiger partial charge on any atom is -0.314 e. The second-order valence-corrected chi connectivity index (χ2v) is 7.31. The molecule has 1 aromatic carbocycles. The van der Waals surface area contributed by atoms with Crippen LogP contribution >= 0.6 is 0 Å². The Morgan fingerprint density at radius 3 is 2.50 bits per heavy atom. The maximum absolute atomic E-state index is 3.86. The molecule has 1 aromatic rings. The van der Waals surface area contributed by atoms with E-state index < -0.39 is 0 Å². The molecule has 20 heavy (non-hydrogen) atoms. The van der Waals surface area contributed by atoms with Crippen LogP contribution in [0.2, 0.25) is 0 Å². The summed E-state index contributed by atoms with van der Waals surface area (Å²) in [7, 11) is 0. The third kappa shape index (κ3) is 4.32. The summed E-state index contributed by atoms with van der Waals surface area (Å²) in [5.74, 6) is 0. The molecule has 2 N–H and O–H groups in total. The quantitative estimate of drug-likeness (QED) is 0.851. The van der Waals surface area contributed by atoms with Gasteiger partial charge in [-0.25, -0.2) is 0 Å². The first-order chi connectivity index (χ1) is 9.47. The SMILES string of the molecule is CC(CC1CCCN1)NC(c1ccccc1)C(C)(C)C. The molecule has 0 aliphatic carbocycles. The average Bonchev–Trinajstić information content (AvgIpc) is 2.88. The van der Waals surface area contributed by atoms with Gasteiger partial charge in [-0.05, 0) is 43.7 Å². The maximum Gasteiger partial charge on any atom is 0.0371 e. The van der Waals surface area contributed by atoms with Gasteiger partial charge in [0.15, 0.2) is 0 Å². The molecule has 3 atom stereocenters. The lowest BCUT2D eigenvalue weighted by Gasteiger charge is -2.35.